The van der Waals surface area contributed by atoms with Crippen molar-refractivity contribution in [1.82, 2.24) is 9.97 Å². The average molecular weight is 225 g/mol. The molecule has 0 saturated carbocycles. The van der Waals surface area contributed by atoms with Gasteiger partial charge in [-0.1, -0.05) is 19.1 Å². The van der Waals surface area contributed by atoms with Crippen LogP contribution in [0.2, 0.25) is 0 Å². The number of aromatic nitrogens is 2. The molecule has 3 nitrogen and oxygen atoms in total. The molecular formula is C14H15N3. The summed E-state index contributed by atoms with van der Waals surface area (Å²) in [5.41, 5.74) is 0.945. The van der Waals surface area contributed by atoms with Crippen LogP contribution >= 0.6 is 0 Å². The Morgan fingerprint density at radius 3 is 2.94 bits per heavy atom. The van der Waals surface area contributed by atoms with Crippen molar-refractivity contribution in [2.24, 2.45) is 0 Å². The number of anilines is 1. The van der Waals surface area contributed by atoms with Gasteiger partial charge in [0.25, 0.3) is 0 Å². The number of terminal acetylenes is 1. The quantitative estimate of drug-likeness (QED) is 0.813. The first-order valence-corrected chi connectivity index (χ1v) is 5.75. The molecule has 0 aliphatic heterocycles. The van der Waals surface area contributed by atoms with E-state index >= 15 is 0 Å². The summed E-state index contributed by atoms with van der Waals surface area (Å²) in [7, 11) is 0. The maximum Gasteiger partial charge on any atom is 0.137 e. The third-order valence-corrected chi connectivity index (χ3v) is 2.74. The molecule has 1 N–H and O–H groups in total. The lowest BCUT2D eigenvalue weighted by molar-refractivity contribution is 0.712. The van der Waals surface area contributed by atoms with Crippen molar-refractivity contribution in [2.75, 3.05) is 5.32 Å². The van der Waals surface area contributed by atoms with Gasteiger partial charge in [0.05, 0.1) is 5.52 Å². The summed E-state index contributed by atoms with van der Waals surface area (Å²) in [4.78, 5) is 8.52. The summed E-state index contributed by atoms with van der Waals surface area (Å²) in [5, 5.41) is 4.41. The van der Waals surface area contributed by atoms with Crippen molar-refractivity contribution in [3.8, 4) is 12.3 Å². The highest BCUT2D eigenvalue weighted by molar-refractivity contribution is 5.88. The van der Waals surface area contributed by atoms with Crippen LogP contribution < -0.4 is 5.32 Å². The van der Waals surface area contributed by atoms with E-state index in [2.05, 4.69) is 28.1 Å². The Labute approximate surface area is 101 Å². The van der Waals surface area contributed by atoms with Crippen LogP contribution in [0.4, 0.5) is 5.82 Å². The summed E-state index contributed by atoms with van der Waals surface area (Å²) in [6.45, 7) is 2.11. The molecule has 0 bridgehead atoms. The Morgan fingerprint density at radius 2 is 2.18 bits per heavy atom. The van der Waals surface area contributed by atoms with Crippen LogP contribution in [-0.2, 0) is 0 Å². The first-order valence-electron chi connectivity index (χ1n) is 5.75. The summed E-state index contributed by atoms with van der Waals surface area (Å²) in [6, 6.07) is 8.21. The van der Waals surface area contributed by atoms with Gasteiger partial charge in [-0.3, -0.25) is 0 Å². The number of benzene rings is 1. The van der Waals surface area contributed by atoms with Gasteiger partial charge in [0.1, 0.15) is 12.1 Å². The molecule has 3 heteroatoms. The lowest BCUT2D eigenvalue weighted by Crippen LogP contribution is -2.18. The second-order valence-electron chi connectivity index (χ2n) is 3.90. The minimum atomic E-state index is 0.262. The van der Waals surface area contributed by atoms with E-state index in [-0.39, 0.29) is 6.04 Å². The van der Waals surface area contributed by atoms with Crippen molar-refractivity contribution in [3.63, 3.8) is 0 Å². The molecular weight excluding hydrogens is 210 g/mol. The van der Waals surface area contributed by atoms with E-state index in [0.717, 1.165) is 23.1 Å². The molecule has 0 amide bonds. The summed E-state index contributed by atoms with van der Waals surface area (Å²) >= 11 is 0. The van der Waals surface area contributed by atoms with Crippen LogP contribution in [0.5, 0.6) is 0 Å². The van der Waals surface area contributed by atoms with Gasteiger partial charge in [-0.2, -0.15) is 0 Å². The number of nitrogens with one attached hydrogen (secondary N) is 1. The molecule has 2 rings (SSSR count). The molecule has 0 fully saturated rings. The summed E-state index contributed by atoms with van der Waals surface area (Å²) in [5.74, 6) is 3.54. The zero-order valence-electron chi connectivity index (χ0n) is 9.85. The van der Waals surface area contributed by atoms with Crippen LogP contribution in [0, 0.1) is 12.3 Å². The third kappa shape index (κ3) is 2.54. The largest absolute Gasteiger partial charge is 0.366 e. The van der Waals surface area contributed by atoms with E-state index in [0.29, 0.717) is 6.42 Å². The van der Waals surface area contributed by atoms with E-state index in [1.807, 2.05) is 24.3 Å². The topological polar surface area (TPSA) is 37.8 Å². The molecule has 1 heterocycles. The van der Waals surface area contributed by atoms with Gasteiger partial charge in [-0.25, -0.2) is 9.97 Å². The Hall–Kier alpha value is -2.08. The fraction of sp³-hybridized carbons (Fsp3) is 0.286. The van der Waals surface area contributed by atoms with E-state index in [1.165, 1.54) is 0 Å². The monoisotopic (exact) mass is 225 g/mol. The molecule has 86 valence electrons. The standard InChI is InChI=1S/C14H15N3/c1-3-7-11(4-2)17-14-12-8-5-6-9-13(12)15-10-16-14/h1,5-6,8-11H,4,7H2,2H3,(H,15,16,17). The zero-order chi connectivity index (χ0) is 12.1. The molecule has 1 unspecified atom stereocenters. The van der Waals surface area contributed by atoms with Gasteiger partial charge >= 0.3 is 0 Å². The Morgan fingerprint density at radius 1 is 1.35 bits per heavy atom. The SMILES string of the molecule is C#CCC(CC)Nc1ncnc2ccccc12. The molecule has 0 aliphatic rings. The lowest BCUT2D eigenvalue weighted by Gasteiger charge is -2.15. The lowest BCUT2D eigenvalue weighted by atomic mass is 10.1. The number of rotatable bonds is 4. The van der Waals surface area contributed by atoms with Gasteiger partial charge < -0.3 is 5.32 Å². The van der Waals surface area contributed by atoms with Crippen LogP contribution in [0.1, 0.15) is 19.8 Å². The fourth-order valence-electron chi connectivity index (χ4n) is 1.75. The van der Waals surface area contributed by atoms with Crippen LogP contribution in [0.15, 0.2) is 30.6 Å². The van der Waals surface area contributed by atoms with Gasteiger partial charge in [-0.15, -0.1) is 12.3 Å². The highest BCUT2D eigenvalue weighted by atomic mass is 15.0. The number of hydrogen-bond donors (Lipinski definition) is 1. The van der Waals surface area contributed by atoms with E-state index in [4.69, 9.17) is 6.42 Å². The minimum Gasteiger partial charge on any atom is -0.366 e. The van der Waals surface area contributed by atoms with E-state index < -0.39 is 0 Å². The first-order chi connectivity index (χ1) is 8.35. The van der Waals surface area contributed by atoms with E-state index in [1.54, 1.807) is 6.33 Å². The Bertz CT molecular complexity index is 537. The molecule has 0 aliphatic carbocycles. The molecule has 1 atom stereocenters. The van der Waals surface area contributed by atoms with Gasteiger partial charge in [0.15, 0.2) is 0 Å². The Balaban J connectivity index is 2.32. The highest BCUT2D eigenvalue weighted by Crippen LogP contribution is 2.20. The number of fused-ring (bicyclic) bond motifs is 1. The molecule has 2 aromatic rings. The first kappa shape index (κ1) is 11.4. The van der Waals surface area contributed by atoms with Crippen molar-refractivity contribution < 1.29 is 0 Å². The van der Waals surface area contributed by atoms with Gasteiger partial charge in [0.2, 0.25) is 0 Å². The van der Waals surface area contributed by atoms with Crippen LogP contribution in [0.3, 0.4) is 0 Å². The van der Waals surface area contributed by atoms with Crippen molar-refractivity contribution in [3.05, 3.63) is 30.6 Å². The Kier molecular flexibility index (Phi) is 3.56. The summed E-state index contributed by atoms with van der Waals surface area (Å²) < 4.78 is 0. The second kappa shape index (κ2) is 5.31. The van der Waals surface area contributed by atoms with Crippen molar-refractivity contribution >= 4 is 16.7 Å². The van der Waals surface area contributed by atoms with E-state index in [9.17, 15) is 0 Å². The molecule has 1 aromatic heterocycles. The molecule has 0 saturated heterocycles. The highest BCUT2D eigenvalue weighted by Gasteiger charge is 2.08. The number of hydrogen-bond acceptors (Lipinski definition) is 3. The van der Waals surface area contributed by atoms with Gasteiger partial charge in [0, 0.05) is 17.8 Å². The minimum absolute atomic E-state index is 0.262. The normalized spacial score (nSPS) is 12.0. The smallest absolute Gasteiger partial charge is 0.137 e. The predicted molar refractivity (Wildman–Crippen MR) is 70.7 cm³/mol. The van der Waals surface area contributed by atoms with Gasteiger partial charge in [-0.05, 0) is 18.6 Å². The molecule has 17 heavy (non-hydrogen) atoms. The fourth-order valence-corrected chi connectivity index (χ4v) is 1.75. The third-order valence-electron chi connectivity index (χ3n) is 2.74. The van der Waals surface area contributed by atoms with Crippen LogP contribution in [-0.4, -0.2) is 16.0 Å². The molecule has 0 radical (unpaired) electrons. The predicted octanol–water partition coefficient (Wildman–Crippen LogP) is 2.84. The molecule has 0 spiro atoms. The van der Waals surface area contributed by atoms with Crippen molar-refractivity contribution in [2.45, 2.75) is 25.8 Å². The number of nitrogens with zero attached hydrogens (tertiary/aromatic N) is 2. The zero-order valence-corrected chi connectivity index (χ0v) is 9.85. The van der Waals surface area contributed by atoms with Crippen LogP contribution in [0.25, 0.3) is 10.9 Å². The maximum absolute atomic E-state index is 5.35. The summed E-state index contributed by atoms with van der Waals surface area (Å²) in [6.07, 6.45) is 8.60. The molecule has 1 aromatic carbocycles. The number of para-hydroxylation sites is 1. The second-order valence-corrected chi connectivity index (χ2v) is 3.90. The maximum atomic E-state index is 5.35. The van der Waals surface area contributed by atoms with Crippen molar-refractivity contribution in [1.29, 1.82) is 0 Å². The average Bonchev–Trinajstić information content (AvgIpc) is 2.38.